The van der Waals surface area contributed by atoms with E-state index in [2.05, 4.69) is 91.7 Å². The molecule has 1 aliphatic carbocycles. The molecule has 3 atom stereocenters. The van der Waals surface area contributed by atoms with Crippen LogP contribution in [0.2, 0.25) is 0 Å². The SMILES string of the molecule is C[C@@H](N[C@H]1CCN(c2ccc3c(c2)C(CC(=O)O)CC3(C)C)C1)c1cccc2ccccc12. The molecule has 0 bridgehead atoms. The van der Waals surface area contributed by atoms with Crippen molar-refractivity contribution in [3.8, 4) is 0 Å². The van der Waals surface area contributed by atoms with Crippen molar-refractivity contribution in [1.29, 1.82) is 0 Å². The Hall–Kier alpha value is -2.85. The Morgan fingerprint density at radius 1 is 1.15 bits per heavy atom. The lowest BCUT2D eigenvalue weighted by Crippen LogP contribution is -2.34. The van der Waals surface area contributed by atoms with Gasteiger partial charge in [-0.1, -0.05) is 62.4 Å². The summed E-state index contributed by atoms with van der Waals surface area (Å²) < 4.78 is 0. The van der Waals surface area contributed by atoms with E-state index in [0.29, 0.717) is 6.04 Å². The zero-order valence-electron chi connectivity index (χ0n) is 19.8. The van der Waals surface area contributed by atoms with Crippen molar-refractivity contribution >= 4 is 22.4 Å². The Labute approximate surface area is 196 Å². The number of nitrogens with one attached hydrogen (secondary N) is 1. The predicted molar refractivity (Wildman–Crippen MR) is 135 cm³/mol. The molecule has 1 fully saturated rings. The fraction of sp³-hybridized carbons (Fsp3) is 0.414. The molecule has 4 heteroatoms. The van der Waals surface area contributed by atoms with Gasteiger partial charge in [-0.05, 0) is 70.7 Å². The summed E-state index contributed by atoms with van der Waals surface area (Å²) in [7, 11) is 0. The highest BCUT2D eigenvalue weighted by atomic mass is 16.4. The maximum absolute atomic E-state index is 11.4. The second-order valence-corrected chi connectivity index (χ2v) is 10.5. The molecule has 2 aliphatic rings. The minimum Gasteiger partial charge on any atom is -0.481 e. The fourth-order valence-electron chi connectivity index (χ4n) is 6.13. The van der Waals surface area contributed by atoms with E-state index in [0.717, 1.165) is 25.9 Å². The monoisotopic (exact) mass is 442 g/mol. The molecule has 2 N–H and O–H groups in total. The van der Waals surface area contributed by atoms with Crippen LogP contribution in [-0.2, 0) is 10.2 Å². The third-order valence-corrected chi connectivity index (χ3v) is 7.71. The summed E-state index contributed by atoms with van der Waals surface area (Å²) in [6, 6.07) is 22.6. The van der Waals surface area contributed by atoms with E-state index < -0.39 is 5.97 Å². The maximum Gasteiger partial charge on any atom is 0.303 e. The number of hydrogen-bond acceptors (Lipinski definition) is 3. The number of carboxylic acids is 1. The van der Waals surface area contributed by atoms with E-state index in [-0.39, 0.29) is 23.8 Å². The van der Waals surface area contributed by atoms with Crippen molar-refractivity contribution < 1.29 is 9.90 Å². The van der Waals surface area contributed by atoms with Crippen LogP contribution in [0.5, 0.6) is 0 Å². The van der Waals surface area contributed by atoms with Gasteiger partial charge in [-0.3, -0.25) is 4.79 Å². The third-order valence-electron chi connectivity index (χ3n) is 7.71. The van der Waals surface area contributed by atoms with E-state index in [4.69, 9.17) is 0 Å². The van der Waals surface area contributed by atoms with Crippen molar-refractivity contribution in [1.82, 2.24) is 5.32 Å². The van der Waals surface area contributed by atoms with Crippen LogP contribution >= 0.6 is 0 Å². The van der Waals surface area contributed by atoms with Gasteiger partial charge >= 0.3 is 5.97 Å². The topological polar surface area (TPSA) is 52.6 Å². The Morgan fingerprint density at radius 3 is 2.76 bits per heavy atom. The van der Waals surface area contributed by atoms with Crippen molar-refractivity contribution in [2.45, 2.75) is 63.5 Å². The number of aliphatic carboxylic acids is 1. The second-order valence-electron chi connectivity index (χ2n) is 10.5. The van der Waals surface area contributed by atoms with Crippen LogP contribution in [0.4, 0.5) is 5.69 Å². The van der Waals surface area contributed by atoms with Crippen molar-refractivity contribution in [3.05, 3.63) is 77.4 Å². The highest BCUT2D eigenvalue weighted by Gasteiger charge is 2.38. The number of anilines is 1. The molecule has 33 heavy (non-hydrogen) atoms. The summed E-state index contributed by atoms with van der Waals surface area (Å²) in [4.78, 5) is 13.9. The van der Waals surface area contributed by atoms with Gasteiger partial charge < -0.3 is 15.3 Å². The number of fused-ring (bicyclic) bond motifs is 2. The van der Waals surface area contributed by atoms with Gasteiger partial charge in [0.1, 0.15) is 0 Å². The molecular formula is C29H34N2O2. The van der Waals surface area contributed by atoms with Crippen molar-refractivity contribution in [3.63, 3.8) is 0 Å². The normalized spacial score (nSPS) is 22.5. The van der Waals surface area contributed by atoms with Crippen LogP contribution in [0, 0.1) is 0 Å². The molecule has 0 radical (unpaired) electrons. The first-order valence-electron chi connectivity index (χ1n) is 12.2. The molecule has 172 valence electrons. The maximum atomic E-state index is 11.4. The molecule has 0 amide bonds. The number of benzene rings is 3. The van der Waals surface area contributed by atoms with Gasteiger partial charge in [-0.2, -0.15) is 0 Å². The molecular weight excluding hydrogens is 408 g/mol. The van der Waals surface area contributed by atoms with Gasteiger partial charge in [0.2, 0.25) is 0 Å². The van der Waals surface area contributed by atoms with Crippen molar-refractivity contribution in [2.75, 3.05) is 18.0 Å². The minimum atomic E-state index is -0.707. The quantitative estimate of drug-likeness (QED) is 0.491. The fourth-order valence-corrected chi connectivity index (χ4v) is 6.13. The summed E-state index contributed by atoms with van der Waals surface area (Å²) in [5, 5.41) is 15.9. The van der Waals surface area contributed by atoms with Crippen LogP contribution < -0.4 is 10.2 Å². The average Bonchev–Trinajstić information content (AvgIpc) is 3.34. The molecule has 1 heterocycles. The number of carbonyl (C=O) groups is 1. The largest absolute Gasteiger partial charge is 0.481 e. The van der Waals surface area contributed by atoms with E-state index in [9.17, 15) is 9.90 Å². The highest BCUT2D eigenvalue weighted by Crippen LogP contribution is 2.48. The minimum absolute atomic E-state index is 0.0387. The predicted octanol–water partition coefficient (Wildman–Crippen LogP) is 6.01. The average molecular weight is 443 g/mol. The second kappa shape index (κ2) is 8.49. The Kier molecular flexibility index (Phi) is 5.65. The molecule has 3 aromatic rings. The molecule has 0 aromatic heterocycles. The lowest BCUT2D eigenvalue weighted by Gasteiger charge is -2.24. The van der Waals surface area contributed by atoms with E-state index in [1.54, 1.807) is 0 Å². The summed E-state index contributed by atoms with van der Waals surface area (Å²) in [6.07, 6.45) is 2.23. The van der Waals surface area contributed by atoms with E-state index in [1.165, 1.54) is 33.2 Å². The lowest BCUT2D eigenvalue weighted by atomic mass is 9.86. The molecule has 0 spiro atoms. The van der Waals surface area contributed by atoms with E-state index in [1.807, 2.05) is 0 Å². The third kappa shape index (κ3) is 4.24. The Morgan fingerprint density at radius 2 is 1.94 bits per heavy atom. The summed E-state index contributed by atoms with van der Waals surface area (Å²) in [5.74, 6) is -0.600. The van der Waals surface area contributed by atoms with Crippen LogP contribution in [0.3, 0.4) is 0 Å². The van der Waals surface area contributed by atoms with Gasteiger partial charge in [0, 0.05) is 30.9 Å². The zero-order valence-corrected chi connectivity index (χ0v) is 19.8. The van der Waals surface area contributed by atoms with Gasteiger partial charge in [-0.25, -0.2) is 0 Å². The van der Waals surface area contributed by atoms with Gasteiger partial charge in [0.25, 0.3) is 0 Å². The molecule has 1 saturated heterocycles. The Bertz CT molecular complexity index is 1180. The molecule has 5 rings (SSSR count). The summed E-state index contributed by atoms with van der Waals surface area (Å²) >= 11 is 0. The number of hydrogen-bond donors (Lipinski definition) is 2. The number of rotatable bonds is 6. The first-order valence-corrected chi connectivity index (χ1v) is 12.2. The van der Waals surface area contributed by atoms with E-state index >= 15 is 0 Å². The smallest absolute Gasteiger partial charge is 0.303 e. The first kappa shape index (κ1) is 22.0. The number of carboxylic acid groups (broad SMARTS) is 1. The summed E-state index contributed by atoms with van der Waals surface area (Å²) in [5.41, 5.74) is 5.17. The molecule has 1 aliphatic heterocycles. The van der Waals surface area contributed by atoms with Crippen LogP contribution in [0.1, 0.15) is 68.7 Å². The molecule has 0 saturated carbocycles. The zero-order chi connectivity index (χ0) is 23.2. The standard InChI is InChI=1S/C29H34N2O2/c1-19(24-10-6-8-20-7-4-5-9-25(20)24)30-22-13-14-31(18-22)23-11-12-27-26(16-23)21(15-28(32)33)17-29(27,2)3/h4-12,16,19,21-22,30H,13-15,17-18H2,1-3H3,(H,32,33)/t19-,21?,22+/m1/s1. The van der Waals surface area contributed by atoms with Crippen molar-refractivity contribution in [2.24, 2.45) is 0 Å². The molecule has 3 aromatic carbocycles. The lowest BCUT2D eigenvalue weighted by molar-refractivity contribution is -0.137. The Balaban J connectivity index is 1.31. The first-order chi connectivity index (χ1) is 15.8. The number of nitrogens with zero attached hydrogens (tertiary/aromatic N) is 1. The van der Waals surface area contributed by atoms with Crippen LogP contribution in [-0.4, -0.2) is 30.2 Å². The molecule has 1 unspecified atom stereocenters. The van der Waals surface area contributed by atoms with Crippen LogP contribution in [0.15, 0.2) is 60.7 Å². The van der Waals surface area contributed by atoms with Gasteiger partial charge in [0.05, 0.1) is 6.42 Å². The van der Waals surface area contributed by atoms with Crippen LogP contribution in [0.25, 0.3) is 10.8 Å². The summed E-state index contributed by atoms with van der Waals surface area (Å²) in [6.45, 7) is 8.72. The molecule has 4 nitrogen and oxygen atoms in total. The van der Waals surface area contributed by atoms with Gasteiger partial charge in [-0.15, -0.1) is 0 Å². The highest BCUT2D eigenvalue weighted by molar-refractivity contribution is 5.86. The van der Waals surface area contributed by atoms with Gasteiger partial charge in [0.15, 0.2) is 0 Å².